The summed E-state index contributed by atoms with van der Waals surface area (Å²) in [7, 11) is 0. The summed E-state index contributed by atoms with van der Waals surface area (Å²) in [6.07, 6.45) is 0. The highest BCUT2D eigenvalue weighted by Gasteiger charge is 2.28. The topological polar surface area (TPSA) is 113 Å². The number of anilines is 1. The Kier molecular flexibility index (Phi) is 3.99. The van der Waals surface area contributed by atoms with Crippen LogP contribution in [0.3, 0.4) is 0 Å². The third kappa shape index (κ3) is 2.62. The van der Waals surface area contributed by atoms with Gasteiger partial charge in [-0.05, 0) is 17.7 Å². The van der Waals surface area contributed by atoms with E-state index in [4.69, 9.17) is 10.8 Å². The third-order valence-electron chi connectivity index (χ3n) is 3.18. The van der Waals surface area contributed by atoms with E-state index in [-0.39, 0.29) is 6.54 Å². The highest BCUT2D eigenvalue weighted by Crippen LogP contribution is 2.22. The number of rotatable bonds is 4. The second-order valence-electron chi connectivity index (χ2n) is 4.43. The summed E-state index contributed by atoms with van der Waals surface area (Å²) in [5.74, 6) is -3.15. The monoisotopic (exact) mass is 277 g/mol. The molecule has 7 nitrogen and oxygen atoms in total. The maximum absolute atomic E-state index is 11.8. The minimum atomic E-state index is -1.02. The molecule has 2 rings (SSSR count). The molecule has 1 aromatic rings. The van der Waals surface area contributed by atoms with E-state index in [1.807, 2.05) is 0 Å². The fourth-order valence-corrected chi connectivity index (χ4v) is 2.12. The Bertz CT molecular complexity index is 558. The predicted octanol–water partition coefficient (Wildman–Crippen LogP) is -0.724. The second-order valence-corrected chi connectivity index (χ2v) is 4.43. The summed E-state index contributed by atoms with van der Waals surface area (Å²) in [5.41, 5.74) is 6.47. The molecule has 1 unspecified atom stereocenters. The molecule has 106 valence electrons. The van der Waals surface area contributed by atoms with Crippen molar-refractivity contribution in [1.82, 2.24) is 5.32 Å². The number of nitrogens with two attached hydrogens (primary N) is 1. The molecule has 1 fully saturated rings. The molecule has 4 N–H and O–H groups in total. The number of hydrogen-bond donors (Lipinski definition) is 3. The van der Waals surface area contributed by atoms with E-state index >= 15 is 0 Å². The van der Waals surface area contributed by atoms with E-state index in [0.717, 1.165) is 0 Å². The van der Waals surface area contributed by atoms with Gasteiger partial charge in [-0.2, -0.15) is 0 Å². The van der Waals surface area contributed by atoms with E-state index in [1.54, 1.807) is 24.3 Å². The molecule has 0 aliphatic carbocycles. The molecule has 7 heteroatoms. The Morgan fingerprint density at radius 1 is 1.45 bits per heavy atom. The molecular weight excluding hydrogens is 262 g/mol. The van der Waals surface area contributed by atoms with Crippen molar-refractivity contribution in [3.05, 3.63) is 29.8 Å². The van der Waals surface area contributed by atoms with Gasteiger partial charge in [0.2, 0.25) is 0 Å². The molecule has 0 radical (unpaired) electrons. The third-order valence-corrected chi connectivity index (χ3v) is 3.18. The first kappa shape index (κ1) is 14.0. The Morgan fingerprint density at radius 2 is 2.20 bits per heavy atom. The molecule has 0 aromatic heterocycles. The van der Waals surface area contributed by atoms with Gasteiger partial charge in [0, 0.05) is 25.3 Å². The number of carbonyl (C=O) groups is 3. The summed E-state index contributed by atoms with van der Waals surface area (Å²) in [6.45, 7) is 0.690. The van der Waals surface area contributed by atoms with Crippen LogP contribution in [-0.4, -0.2) is 42.5 Å². The van der Waals surface area contributed by atoms with E-state index in [1.165, 1.54) is 4.90 Å². The summed E-state index contributed by atoms with van der Waals surface area (Å²) in [4.78, 5) is 35.6. The van der Waals surface area contributed by atoms with Crippen LogP contribution in [0.5, 0.6) is 0 Å². The smallest absolute Gasteiger partial charge is 0.316 e. The summed E-state index contributed by atoms with van der Waals surface area (Å²) >= 11 is 0. The zero-order valence-electron chi connectivity index (χ0n) is 10.7. The van der Waals surface area contributed by atoms with Gasteiger partial charge < -0.3 is 21.1 Å². The minimum Gasteiger partial charge on any atom is -0.481 e. The van der Waals surface area contributed by atoms with Crippen LogP contribution < -0.4 is 16.0 Å². The lowest BCUT2D eigenvalue weighted by Gasteiger charge is -2.27. The molecule has 1 heterocycles. The summed E-state index contributed by atoms with van der Waals surface area (Å²) in [5, 5.41) is 11.6. The van der Waals surface area contributed by atoms with Gasteiger partial charge in [-0.15, -0.1) is 0 Å². The van der Waals surface area contributed by atoms with Crippen LogP contribution in [-0.2, 0) is 14.4 Å². The van der Waals surface area contributed by atoms with Crippen LogP contribution >= 0.6 is 0 Å². The first-order valence-electron chi connectivity index (χ1n) is 6.17. The Morgan fingerprint density at radius 3 is 2.85 bits per heavy atom. The number of carbonyl (C=O) groups excluding carboxylic acids is 2. The predicted molar refractivity (Wildman–Crippen MR) is 71.2 cm³/mol. The number of nitrogens with zero attached hydrogens (tertiary/aromatic N) is 1. The van der Waals surface area contributed by atoms with Crippen LogP contribution in [0.25, 0.3) is 0 Å². The van der Waals surface area contributed by atoms with Crippen LogP contribution in [0.2, 0.25) is 0 Å². The van der Waals surface area contributed by atoms with Crippen molar-refractivity contribution in [3.63, 3.8) is 0 Å². The van der Waals surface area contributed by atoms with E-state index < -0.39 is 23.7 Å². The Labute approximate surface area is 115 Å². The molecule has 2 amide bonds. The number of amides is 2. The van der Waals surface area contributed by atoms with Gasteiger partial charge in [0.05, 0.1) is 5.92 Å². The molecule has 0 spiro atoms. The normalized spacial score (nSPS) is 16.8. The standard InChI is InChI=1S/C13H15N3O4/c14-7-10(13(19)20)8-2-1-3-9(6-8)16-5-4-15-11(17)12(16)18/h1-3,6,10H,4-5,7,14H2,(H,15,17)(H,19,20). The van der Waals surface area contributed by atoms with Crippen molar-refractivity contribution < 1.29 is 19.5 Å². The highest BCUT2D eigenvalue weighted by molar-refractivity contribution is 6.41. The minimum absolute atomic E-state index is 0.0345. The Hall–Kier alpha value is -2.41. The Balaban J connectivity index is 2.32. The van der Waals surface area contributed by atoms with Gasteiger partial charge in [0.25, 0.3) is 0 Å². The first-order valence-corrected chi connectivity index (χ1v) is 6.17. The van der Waals surface area contributed by atoms with Crippen molar-refractivity contribution >= 4 is 23.5 Å². The molecule has 20 heavy (non-hydrogen) atoms. The van der Waals surface area contributed by atoms with Crippen molar-refractivity contribution in [2.75, 3.05) is 24.5 Å². The number of carboxylic acid groups (broad SMARTS) is 1. The summed E-state index contributed by atoms with van der Waals surface area (Å²) < 4.78 is 0. The maximum atomic E-state index is 11.8. The summed E-state index contributed by atoms with van der Waals surface area (Å²) in [6, 6.07) is 6.54. The van der Waals surface area contributed by atoms with Crippen LogP contribution in [0.1, 0.15) is 11.5 Å². The number of hydrogen-bond acceptors (Lipinski definition) is 4. The molecule has 1 atom stereocenters. The average molecular weight is 277 g/mol. The number of aliphatic carboxylic acids is 1. The van der Waals surface area contributed by atoms with Gasteiger partial charge in [-0.25, -0.2) is 0 Å². The first-order chi connectivity index (χ1) is 9.54. The maximum Gasteiger partial charge on any atom is 0.316 e. The fraction of sp³-hybridized carbons (Fsp3) is 0.308. The lowest BCUT2D eigenvalue weighted by molar-refractivity contribution is -0.138. The molecule has 1 saturated heterocycles. The molecule has 1 aromatic carbocycles. The van der Waals surface area contributed by atoms with Gasteiger partial charge >= 0.3 is 17.8 Å². The average Bonchev–Trinajstić information content (AvgIpc) is 2.42. The molecule has 1 aliphatic heterocycles. The number of benzene rings is 1. The molecule has 1 aliphatic rings. The molecular formula is C13H15N3O4. The number of carboxylic acids is 1. The van der Waals surface area contributed by atoms with Crippen LogP contribution in [0.4, 0.5) is 5.69 Å². The number of piperazine rings is 1. The van der Waals surface area contributed by atoms with Crippen molar-refractivity contribution in [1.29, 1.82) is 0 Å². The van der Waals surface area contributed by atoms with Crippen LogP contribution in [0.15, 0.2) is 24.3 Å². The van der Waals surface area contributed by atoms with Crippen molar-refractivity contribution in [2.24, 2.45) is 5.73 Å². The van der Waals surface area contributed by atoms with Gasteiger partial charge in [0.15, 0.2) is 0 Å². The van der Waals surface area contributed by atoms with Gasteiger partial charge in [-0.3, -0.25) is 14.4 Å². The largest absolute Gasteiger partial charge is 0.481 e. The van der Waals surface area contributed by atoms with Crippen molar-refractivity contribution in [3.8, 4) is 0 Å². The molecule has 0 bridgehead atoms. The zero-order chi connectivity index (χ0) is 14.7. The zero-order valence-corrected chi connectivity index (χ0v) is 10.7. The SMILES string of the molecule is NCC(C(=O)O)c1cccc(N2CCNC(=O)C2=O)c1. The number of nitrogens with one attached hydrogen (secondary N) is 1. The highest BCUT2D eigenvalue weighted by atomic mass is 16.4. The fourth-order valence-electron chi connectivity index (χ4n) is 2.12. The van der Waals surface area contributed by atoms with Gasteiger partial charge in [0.1, 0.15) is 0 Å². The van der Waals surface area contributed by atoms with E-state index in [0.29, 0.717) is 24.3 Å². The second kappa shape index (κ2) is 5.70. The lowest BCUT2D eigenvalue weighted by atomic mass is 9.98. The lowest BCUT2D eigenvalue weighted by Crippen LogP contribution is -2.52. The van der Waals surface area contributed by atoms with E-state index in [9.17, 15) is 14.4 Å². The quantitative estimate of drug-likeness (QED) is 0.628. The van der Waals surface area contributed by atoms with Crippen LogP contribution in [0, 0.1) is 0 Å². The van der Waals surface area contributed by atoms with Crippen molar-refractivity contribution in [2.45, 2.75) is 5.92 Å². The van der Waals surface area contributed by atoms with E-state index in [2.05, 4.69) is 5.32 Å². The molecule has 0 saturated carbocycles. The van der Waals surface area contributed by atoms with Gasteiger partial charge in [-0.1, -0.05) is 12.1 Å².